The molecule has 0 radical (unpaired) electrons. The number of ketones is 2. The molecule has 6 nitrogen and oxygen atoms in total. The lowest BCUT2D eigenvalue weighted by Crippen LogP contribution is -2.21. The standard InChI is InChI=1S/C20H14O6/c1-7-3-10(21)4-9-5-11-16(19(25)14(7)9)20(26)15-12(18(11)24)6-13(22)8(2)17(15)23/h3-6,21-23,25H,1-2H3. The van der Waals surface area contributed by atoms with Gasteiger partial charge in [0.1, 0.15) is 23.0 Å². The van der Waals surface area contributed by atoms with Crippen LogP contribution in [0.2, 0.25) is 0 Å². The van der Waals surface area contributed by atoms with Gasteiger partial charge in [0, 0.05) is 22.1 Å². The Labute approximate surface area is 147 Å². The lowest BCUT2D eigenvalue weighted by atomic mass is 9.80. The zero-order valence-electron chi connectivity index (χ0n) is 13.9. The van der Waals surface area contributed by atoms with E-state index in [9.17, 15) is 30.0 Å². The van der Waals surface area contributed by atoms with Gasteiger partial charge in [-0.2, -0.15) is 0 Å². The van der Waals surface area contributed by atoms with E-state index in [1.807, 2.05) is 0 Å². The third kappa shape index (κ3) is 1.86. The predicted molar refractivity (Wildman–Crippen MR) is 93.4 cm³/mol. The lowest BCUT2D eigenvalue weighted by Gasteiger charge is -2.22. The predicted octanol–water partition coefficient (Wildman–Crippen LogP) is 3.05. The minimum Gasteiger partial charge on any atom is -0.508 e. The van der Waals surface area contributed by atoms with E-state index in [2.05, 4.69) is 0 Å². The molecule has 0 unspecified atom stereocenters. The van der Waals surface area contributed by atoms with Crippen molar-refractivity contribution in [3.05, 3.63) is 57.6 Å². The molecule has 1 aliphatic carbocycles. The SMILES string of the molecule is Cc1c(O)cc2c(c1O)C(=O)c1c(cc3cc(O)cc(C)c3c1O)C2=O. The van der Waals surface area contributed by atoms with Gasteiger partial charge in [0.05, 0.1) is 11.1 Å². The number of aromatic hydroxyl groups is 4. The van der Waals surface area contributed by atoms with Crippen LogP contribution in [0.15, 0.2) is 24.3 Å². The number of aryl methyl sites for hydroxylation is 1. The minimum atomic E-state index is -0.693. The normalized spacial score (nSPS) is 13.0. The van der Waals surface area contributed by atoms with Crippen LogP contribution in [0.1, 0.15) is 43.0 Å². The molecular weight excluding hydrogens is 336 g/mol. The molecule has 4 rings (SSSR count). The topological polar surface area (TPSA) is 115 Å². The number of rotatable bonds is 0. The van der Waals surface area contributed by atoms with Crippen LogP contribution in [0, 0.1) is 13.8 Å². The van der Waals surface area contributed by atoms with Gasteiger partial charge in [-0.05, 0) is 49.1 Å². The Kier molecular flexibility index (Phi) is 3.06. The molecule has 130 valence electrons. The Morgan fingerprint density at radius 3 is 2.04 bits per heavy atom. The van der Waals surface area contributed by atoms with Crippen molar-refractivity contribution in [3.8, 4) is 23.0 Å². The van der Waals surface area contributed by atoms with Gasteiger partial charge in [-0.1, -0.05) is 0 Å². The maximum atomic E-state index is 13.0. The van der Waals surface area contributed by atoms with E-state index in [1.165, 1.54) is 25.1 Å². The number of phenols is 4. The Morgan fingerprint density at radius 1 is 0.731 bits per heavy atom. The number of benzene rings is 3. The summed E-state index contributed by atoms with van der Waals surface area (Å²) in [5.41, 5.74) is 0.0270. The van der Waals surface area contributed by atoms with Gasteiger partial charge in [-0.15, -0.1) is 0 Å². The average Bonchev–Trinajstić information content (AvgIpc) is 2.56. The Morgan fingerprint density at radius 2 is 1.35 bits per heavy atom. The molecule has 0 heterocycles. The van der Waals surface area contributed by atoms with E-state index in [1.54, 1.807) is 6.92 Å². The molecule has 0 saturated heterocycles. The van der Waals surface area contributed by atoms with Gasteiger partial charge >= 0.3 is 0 Å². The van der Waals surface area contributed by atoms with Gasteiger partial charge in [0.2, 0.25) is 5.78 Å². The van der Waals surface area contributed by atoms with Crippen LogP contribution >= 0.6 is 0 Å². The number of carbonyl (C=O) groups excluding carboxylic acids is 2. The first kappa shape index (κ1) is 16.0. The highest BCUT2D eigenvalue weighted by Crippen LogP contribution is 2.44. The maximum Gasteiger partial charge on any atom is 0.202 e. The summed E-state index contributed by atoms with van der Waals surface area (Å²) in [6.45, 7) is 3.09. The zero-order chi connectivity index (χ0) is 18.9. The van der Waals surface area contributed by atoms with Crippen molar-refractivity contribution >= 4 is 22.3 Å². The van der Waals surface area contributed by atoms with Crippen LogP contribution in [0.4, 0.5) is 0 Å². The molecular formula is C20H14O6. The first-order valence-electron chi connectivity index (χ1n) is 7.86. The fraction of sp³-hybridized carbons (Fsp3) is 0.100. The summed E-state index contributed by atoms with van der Waals surface area (Å²) >= 11 is 0. The number of hydrogen-bond acceptors (Lipinski definition) is 6. The van der Waals surface area contributed by atoms with Crippen molar-refractivity contribution in [3.63, 3.8) is 0 Å². The zero-order valence-corrected chi connectivity index (χ0v) is 13.9. The van der Waals surface area contributed by atoms with E-state index in [4.69, 9.17) is 0 Å². The van der Waals surface area contributed by atoms with Crippen molar-refractivity contribution < 1.29 is 30.0 Å². The van der Waals surface area contributed by atoms with E-state index >= 15 is 0 Å². The summed E-state index contributed by atoms with van der Waals surface area (Å²) in [6, 6.07) is 5.40. The molecule has 0 atom stereocenters. The molecule has 0 fully saturated rings. The maximum absolute atomic E-state index is 13.0. The van der Waals surface area contributed by atoms with Crippen molar-refractivity contribution in [2.45, 2.75) is 13.8 Å². The van der Waals surface area contributed by atoms with Gasteiger partial charge in [-0.3, -0.25) is 9.59 Å². The molecule has 0 bridgehead atoms. The van der Waals surface area contributed by atoms with Crippen molar-refractivity contribution in [2.75, 3.05) is 0 Å². The van der Waals surface area contributed by atoms with Crippen LogP contribution in [-0.4, -0.2) is 32.0 Å². The molecule has 3 aromatic rings. The van der Waals surface area contributed by atoms with Gasteiger partial charge < -0.3 is 20.4 Å². The molecule has 0 aromatic heterocycles. The Balaban J connectivity index is 2.15. The molecule has 0 saturated carbocycles. The van der Waals surface area contributed by atoms with Crippen molar-refractivity contribution in [1.82, 2.24) is 0 Å². The fourth-order valence-electron chi connectivity index (χ4n) is 3.55. The van der Waals surface area contributed by atoms with Crippen LogP contribution in [0.5, 0.6) is 23.0 Å². The van der Waals surface area contributed by atoms with Crippen molar-refractivity contribution in [1.29, 1.82) is 0 Å². The van der Waals surface area contributed by atoms with E-state index < -0.39 is 17.3 Å². The number of phenolic OH excluding ortho intramolecular Hbond substituents is 4. The highest BCUT2D eigenvalue weighted by atomic mass is 16.3. The third-order valence-corrected chi connectivity index (χ3v) is 4.86. The molecule has 6 heteroatoms. The second-order valence-corrected chi connectivity index (χ2v) is 6.46. The van der Waals surface area contributed by atoms with E-state index in [0.717, 1.165) is 6.07 Å². The largest absolute Gasteiger partial charge is 0.508 e. The van der Waals surface area contributed by atoms with Crippen LogP contribution in [-0.2, 0) is 0 Å². The number of carbonyl (C=O) groups is 2. The molecule has 0 amide bonds. The smallest absolute Gasteiger partial charge is 0.202 e. The molecule has 4 N–H and O–H groups in total. The highest BCUT2D eigenvalue weighted by Gasteiger charge is 2.36. The second kappa shape index (κ2) is 4.98. The molecule has 1 aliphatic rings. The van der Waals surface area contributed by atoms with E-state index in [0.29, 0.717) is 16.3 Å². The quantitative estimate of drug-likeness (QED) is 0.387. The van der Waals surface area contributed by atoms with Crippen LogP contribution in [0.3, 0.4) is 0 Å². The van der Waals surface area contributed by atoms with Crippen LogP contribution in [0.25, 0.3) is 10.8 Å². The number of hydrogen-bond donors (Lipinski definition) is 4. The van der Waals surface area contributed by atoms with Crippen LogP contribution < -0.4 is 0 Å². The van der Waals surface area contributed by atoms with Gasteiger partial charge in [-0.25, -0.2) is 0 Å². The second-order valence-electron chi connectivity index (χ2n) is 6.46. The summed E-state index contributed by atoms with van der Waals surface area (Å²) in [7, 11) is 0. The molecule has 3 aromatic carbocycles. The first-order valence-corrected chi connectivity index (χ1v) is 7.86. The summed E-state index contributed by atoms with van der Waals surface area (Å²) in [5, 5.41) is 41.4. The fourth-order valence-corrected chi connectivity index (χ4v) is 3.55. The summed E-state index contributed by atoms with van der Waals surface area (Å²) in [6.07, 6.45) is 0. The Hall–Kier alpha value is -3.54. The minimum absolute atomic E-state index is 0.0322. The summed E-state index contributed by atoms with van der Waals surface area (Å²) in [5.74, 6) is -2.48. The summed E-state index contributed by atoms with van der Waals surface area (Å²) < 4.78 is 0. The molecule has 26 heavy (non-hydrogen) atoms. The first-order chi connectivity index (χ1) is 12.2. The van der Waals surface area contributed by atoms with E-state index in [-0.39, 0.29) is 45.1 Å². The Bertz CT molecular complexity index is 1170. The third-order valence-electron chi connectivity index (χ3n) is 4.86. The molecule has 0 spiro atoms. The van der Waals surface area contributed by atoms with Crippen molar-refractivity contribution in [2.24, 2.45) is 0 Å². The monoisotopic (exact) mass is 350 g/mol. The number of fused-ring (bicyclic) bond motifs is 3. The van der Waals surface area contributed by atoms with Gasteiger partial charge in [0.15, 0.2) is 5.78 Å². The molecule has 0 aliphatic heterocycles. The highest BCUT2D eigenvalue weighted by molar-refractivity contribution is 6.32. The van der Waals surface area contributed by atoms with Gasteiger partial charge in [0.25, 0.3) is 0 Å². The summed E-state index contributed by atoms with van der Waals surface area (Å²) in [4.78, 5) is 25.9. The average molecular weight is 350 g/mol. The lowest BCUT2D eigenvalue weighted by molar-refractivity contribution is 0.0974.